The predicted octanol–water partition coefficient (Wildman–Crippen LogP) is 3.81. The molecule has 1 aliphatic carbocycles. The van der Waals surface area contributed by atoms with Crippen LogP contribution in [0.25, 0.3) is 0 Å². The van der Waals surface area contributed by atoms with Crippen molar-refractivity contribution in [1.29, 1.82) is 0 Å². The predicted molar refractivity (Wildman–Crippen MR) is 71.0 cm³/mol. The quantitative estimate of drug-likeness (QED) is 0.632. The van der Waals surface area contributed by atoms with Gasteiger partial charge in [0.15, 0.2) is 5.78 Å². The number of hydrogen-bond acceptors (Lipinski definition) is 2. The fourth-order valence-electron chi connectivity index (χ4n) is 2.62. The summed E-state index contributed by atoms with van der Waals surface area (Å²) in [5.41, 5.74) is 7.12. The molecule has 0 radical (unpaired) electrons. The molecule has 1 aliphatic rings. The lowest BCUT2D eigenvalue weighted by Gasteiger charge is -2.20. The zero-order valence-corrected chi connectivity index (χ0v) is 10.3. The van der Waals surface area contributed by atoms with E-state index in [0.717, 1.165) is 17.9 Å². The number of anilines is 1. The van der Waals surface area contributed by atoms with E-state index in [0.29, 0.717) is 12.1 Å². The Morgan fingerprint density at radius 1 is 1.12 bits per heavy atom. The summed E-state index contributed by atoms with van der Waals surface area (Å²) in [5.74, 6) is 1.04. The van der Waals surface area contributed by atoms with Gasteiger partial charge in [-0.25, -0.2) is 0 Å². The Bertz CT molecular complexity index is 363. The molecule has 17 heavy (non-hydrogen) atoms. The average molecular weight is 231 g/mol. The van der Waals surface area contributed by atoms with E-state index >= 15 is 0 Å². The highest BCUT2D eigenvalue weighted by Crippen LogP contribution is 2.27. The molecule has 1 saturated carbocycles. The average Bonchev–Trinajstić information content (AvgIpc) is 2.38. The number of ketones is 1. The van der Waals surface area contributed by atoms with Gasteiger partial charge in [-0.2, -0.15) is 0 Å². The zero-order chi connectivity index (χ0) is 12.1. The highest BCUT2D eigenvalue weighted by atomic mass is 16.1. The van der Waals surface area contributed by atoms with Crippen LogP contribution in [0, 0.1) is 5.92 Å². The number of nitrogen functional groups attached to an aromatic ring is 1. The largest absolute Gasteiger partial charge is 0.399 e. The number of hydrogen-bond donors (Lipinski definition) is 1. The summed E-state index contributed by atoms with van der Waals surface area (Å²) < 4.78 is 0. The van der Waals surface area contributed by atoms with Crippen LogP contribution in [0.15, 0.2) is 24.3 Å². The highest BCUT2D eigenvalue weighted by Gasteiger charge is 2.15. The molecule has 0 bridgehead atoms. The van der Waals surface area contributed by atoms with E-state index in [1.54, 1.807) is 12.1 Å². The molecule has 0 atom stereocenters. The Kier molecular flexibility index (Phi) is 4.18. The summed E-state index contributed by atoms with van der Waals surface area (Å²) in [6, 6.07) is 7.26. The molecule has 0 aliphatic heterocycles. The Labute approximate surface area is 103 Å². The van der Waals surface area contributed by atoms with Gasteiger partial charge in [-0.15, -0.1) is 0 Å². The molecule has 0 spiro atoms. The van der Waals surface area contributed by atoms with Crippen LogP contribution in [-0.2, 0) is 0 Å². The molecular formula is C15H21NO. The van der Waals surface area contributed by atoms with Crippen LogP contribution in [0.3, 0.4) is 0 Å². The molecule has 0 unspecified atom stereocenters. The fraction of sp³-hybridized carbons (Fsp3) is 0.533. The first-order chi connectivity index (χ1) is 8.25. The van der Waals surface area contributed by atoms with Gasteiger partial charge in [-0.05, 0) is 36.6 Å². The van der Waals surface area contributed by atoms with Crippen molar-refractivity contribution in [3.63, 3.8) is 0 Å². The van der Waals surface area contributed by atoms with Gasteiger partial charge in [-0.3, -0.25) is 4.79 Å². The molecule has 0 aromatic heterocycles. The van der Waals surface area contributed by atoms with Crippen LogP contribution in [-0.4, -0.2) is 5.78 Å². The van der Waals surface area contributed by atoms with E-state index < -0.39 is 0 Å². The molecule has 1 aromatic carbocycles. The Morgan fingerprint density at radius 2 is 1.76 bits per heavy atom. The lowest BCUT2D eigenvalue weighted by Crippen LogP contribution is -2.09. The van der Waals surface area contributed by atoms with E-state index in [2.05, 4.69) is 0 Å². The Hall–Kier alpha value is -1.31. The van der Waals surface area contributed by atoms with E-state index in [9.17, 15) is 4.79 Å². The van der Waals surface area contributed by atoms with Crippen LogP contribution < -0.4 is 5.73 Å². The molecule has 2 N–H and O–H groups in total. The number of rotatable bonds is 4. The maximum atomic E-state index is 12.0. The van der Waals surface area contributed by atoms with Gasteiger partial charge in [0.25, 0.3) is 0 Å². The van der Waals surface area contributed by atoms with Gasteiger partial charge in [0.1, 0.15) is 0 Å². The summed E-state index contributed by atoms with van der Waals surface area (Å²) in [5, 5.41) is 0. The Morgan fingerprint density at radius 3 is 2.41 bits per heavy atom. The van der Waals surface area contributed by atoms with Crippen LogP contribution in [0.1, 0.15) is 55.3 Å². The summed E-state index contributed by atoms with van der Waals surface area (Å²) in [4.78, 5) is 12.0. The zero-order valence-electron chi connectivity index (χ0n) is 10.3. The summed E-state index contributed by atoms with van der Waals surface area (Å²) in [6.45, 7) is 0. The van der Waals surface area contributed by atoms with Crippen molar-refractivity contribution in [3.8, 4) is 0 Å². The molecule has 1 fully saturated rings. The van der Waals surface area contributed by atoms with Crippen molar-refractivity contribution in [2.75, 3.05) is 5.73 Å². The van der Waals surface area contributed by atoms with Gasteiger partial charge in [0.05, 0.1) is 0 Å². The molecule has 2 heteroatoms. The second kappa shape index (κ2) is 5.85. The first-order valence-corrected chi connectivity index (χ1v) is 6.64. The second-order valence-corrected chi connectivity index (χ2v) is 5.09. The Balaban J connectivity index is 1.82. The van der Waals surface area contributed by atoms with Crippen molar-refractivity contribution in [2.24, 2.45) is 5.92 Å². The molecule has 0 saturated heterocycles. The molecule has 0 heterocycles. The minimum absolute atomic E-state index is 0.260. The van der Waals surface area contributed by atoms with Gasteiger partial charge < -0.3 is 5.73 Å². The van der Waals surface area contributed by atoms with Crippen LogP contribution in [0.2, 0.25) is 0 Å². The minimum atomic E-state index is 0.260. The maximum absolute atomic E-state index is 12.0. The van der Waals surface area contributed by atoms with E-state index in [1.807, 2.05) is 12.1 Å². The maximum Gasteiger partial charge on any atom is 0.162 e. The molecule has 1 aromatic rings. The molecule has 0 amide bonds. The summed E-state index contributed by atoms with van der Waals surface area (Å²) in [7, 11) is 0. The summed E-state index contributed by atoms with van der Waals surface area (Å²) in [6.07, 6.45) is 8.45. The number of carbonyl (C=O) groups is 1. The van der Waals surface area contributed by atoms with Crippen molar-refractivity contribution < 1.29 is 4.79 Å². The first kappa shape index (κ1) is 12.2. The van der Waals surface area contributed by atoms with Crippen LogP contribution in [0.5, 0.6) is 0 Å². The third kappa shape index (κ3) is 3.58. The van der Waals surface area contributed by atoms with E-state index in [1.165, 1.54) is 32.1 Å². The first-order valence-electron chi connectivity index (χ1n) is 6.64. The number of benzene rings is 1. The normalized spacial score (nSPS) is 16.9. The van der Waals surface area contributed by atoms with Crippen molar-refractivity contribution in [3.05, 3.63) is 29.8 Å². The van der Waals surface area contributed by atoms with Gasteiger partial charge in [0.2, 0.25) is 0 Å². The minimum Gasteiger partial charge on any atom is -0.399 e. The third-order valence-corrected chi connectivity index (χ3v) is 3.74. The molecule has 2 rings (SSSR count). The molecule has 2 nitrogen and oxygen atoms in total. The highest BCUT2D eigenvalue weighted by molar-refractivity contribution is 5.96. The van der Waals surface area contributed by atoms with Crippen LogP contribution in [0.4, 0.5) is 5.69 Å². The van der Waals surface area contributed by atoms with Gasteiger partial charge >= 0.3 is 0 Å². The lowest BCUT2D eigenvalue weighted by molar-refractivity contribution is 0.0970. The number of nitrogens with two attached hydrogens (primary N) is 1. The van der Waals surface area contributed by atoms with Crippen LogP contribution >= 0.6 is 0 Å². The second-order valence-electron chi connectivity index (χ2n) is 5.09. The topological polar surface area (TPSA) is 43.1 Å². The van der Waals surface area contributed by atoms with Gasteiger partial charge in [-0.1, -0.05) is 32.1 Å². The number of Topliss-reactive ketones (excluding diaryl/α,β-unsaturated/α-hetero) is 1. The summed E-state index contributed by atoms with van der Waals surface area (Å²) >= 11 is 0. The van der Waals surface area contributed by atoms with Crippen molar-refractivity contribution in [2.45, 2.75) is 44.9 Å². The third-order valence-electron chi connectivity index (χ3n) is 3.74. The standard InChI is InChI=1S/C15H21NO/c16-14-9-7-13(8-10-14)15(17)11-6-12-4-2-1-3-5-12/h7-10,12H,1-6,11,16H2. The van der Waals surface area contributed by atoms with Crippen molar-refractivity contribution in [1.82, 2.24) is 0 Å². The monoisotopic (exact) mass is 231 g/mol. The molecule has 92 valence electrons. The SMILES string of the molecule is Nc1ccc(C(=O)CCC2CCCCC2)cc1. The van der Waals surface area contributed by atoms with E-state index in [4.69, 9.17) is 5.73 Å². The van der Waals surface area contributed by atoms with E-state index in [-0.39, 0.29) is 5.78 Å². The van der Waals surface area contributed by atoms with Crippen molar-refractivity contribution >= 4 is 11.5 Å². The van der Waals surface area contributed by atoms with Gasteiger partial charge in [0, 0.05) is 17.7 Å². The lowest BCUT2D eigenvalue weighted by atomic mass is 9.85. The molecular weight excluding hydrogens is 210 g/mol. The smallest absolute Gasteiger partial charge is 0.162 e. The fourth-order valence-corrected chi connectivity index (χ4v) is 2.62. The number of carbonyl (C=O) groups excluding carboxylic acids is 1.